The minimum Gasteiger partial charge on any atom is -0.335 e. The molecule has 1 heterocycles. The van der Waals surface area contributed by atoms with Gasteiger partial charge in [-0.3, -0.25) is 0 Å². The number of hydrogen-bond donors (Lipinski definition) is 1. The molecule has 0 aromatic heterocycles. The van der Waals surface area contributed by atoms with Crippen LogP contribution in [-0.2, 0) is 0 Å². The molecule has 0 bridgehead atoms. The summed E-state index contributed by atoms with van der Waals surface area (Å²) in [5.74, 6) is 0.809. The summed E-state index contributed by atoms with van der Waals surface area (Å²) < 4.78 is 0. The Bertz CT molecular complexity index is 753. The second-order valence-corrected chi connectivity index (χ2v) is 6.49. The zero-order valence-electron chi connectivity index (χ0n) is 12.6. The number of rotatable bonds is 4. The molecule has 0 radical (unpaired) electrons. The molecular formula is C19H17ClN2S. The highest BCUT2D eigenvalue weighted by Gasteiger charge is 2.19. The van der Waals surface area contributed by atoms with Gasteiger partial charge < -0.3 is 5.32 Å². The van der Waals surface area contributed by atoms with Gasteiger partial charge in [-0.25, -0.2) is 4.99 Å². The molecule has 2 aromatic carbocycles. The van der Waals surface area contributed by atoms with Gasteiger partial charge in [0.05, 0.1) is 6.04 Å². The molecule has 0 saturated carbocycles. The van der Waals surface area contributed by atoms with E-state index in [0.29, 0.717) is 0 Å². The monoisotopic (exact) mass is 340 g/mol. The van der Waals surface area contributed by atoms with Gasteiger partial charge in [0.25, 0.3) is 0 Å². The first kappa shape index (κ1) is 15.9. The predicted octanol–water partition coefficient (Wildman–Crippen LogP) is 5.30. The van der Waals surface area contributed by atoms with Crippen molar-refractivity contribution in [2.45, 2.75) is 6.04 Å². The number of aliphatic imine (C=N–C) groups is 1. The van der Waals surface area contributed by atoms with Crippen LogP contribution in [0.2, 0.25) is 5.02 Å². The van der Waals surface area contributed by atoms with Gasteiger partial charge in [0.1, 0.15) is 0 Å². The van der Waals surface area contributed by atoms with Crippen molar-refractivity contribution in [3.63, 3.8) is 0 Å². The van der Waals surface area contributed by atoms with Gasteiger partial charge in [-0.15, -0.1) is 6.58 Å². The number of hydrogen-bond acceptors (Lipinski definition) is 3. The van der Waals surface area contributed by atoms with E-state index in [2.05, 4.69) is 30.1 Å². The molecule has 116 valence electrons. The molecule has 4 heteroatoms. The lowest BCUT2D eigenvalue weighted by Crippen LogP contribution is -2.24. The molecule has 1 N–H and O–H groups in total. The Kier molecular flexibility index (Phi) is 5.21. The zero-order valence-corrected chi connectivity index (χ0v) is 14.1. The highest BCUT2D eigenvalue weighted by molar-refractivity contribution is 8.14. The number of thioether (sulfide) groups is 1. The summed E-state index contributed by atoms with van der Waals surface area (Å²) in [6, 6.07) is 18.0. The minimum absolute atomic E-state index is 0.0903. The fourth-order valence-electron chi connectivity index (χ4n) is 2.38. The molecule has 1 aliphatic heterocycles. The van der Waals surface area contributed by atoms with Crippen molar-refractivity contribution in [2.75, 3.05) is 5.75 Å². The Morgan fingerprint density at radius 2 is 1.87 bits per heavy atom. The van der Waals surface area contributed by atoms with Crippen molar-refractivity contribution < 1.29 is 0 Å². The summed E-state index contributed by atoms with van der Waals surface area (Å²) in [6.07, 6.45) is 3.99. The van der Waals surface area contributed by atoms with Crippen LogP contribution in [0.5, 0.6) is 0 Å². The normalized spacial score (nSPS) is 17.0. The first-order valence-corrected chi connectivity index (χ1v) is 8.74. The lowest BCUT2D eigenvalue weighted by molar-refractivity contribution is 0.888. The van der Waals surface area contributed by atoms with Crippen molar-refractivity contribution >= 4 is 34.2 Å². The lowest BCUT2D eigenvalue weighted by atomic mass is 10.0. The SMILES string of the molecule is C=CCSC1=NC(c2ccccc2Cl)C=C(c2ccccc2)N1. The zero-order chi connectivity index (χ0) is 16.1. The van der Waals surface area contributed by atoms with Crippen LogP contribution in [0.15, 0.2) is 78.3 Å². The average molecular weight is 341 g/mol. The lowest BCUT2D eigenvalue weighted by Gasteiger charge is -2.22. The summed E-state index contributed by atoms with van der Waals surface area (Å²) in [5, 5.41) is 5.03. The Hall–Kier alpha value is -1.97. The van der Waals surface area contributed by atoms with Crippen LogP contribution in [0.25, 0.3) is 5.70 Å². The highest BCUT2D eigenvalue weighted by atomic mass is 35.5. The molecule has 3 rings (SSSR count). The number of halogens is 1. The van der Waals surface area contributed by atoms with Gasteiger partial charge in [-0.1, -0.05) is 78.0 Å². The Morgan fingerprint density at radius 3 is 2.61 bits per heavy atom. The van der Waals surface area contributed by atoms with Crippen LogP contribution < -0.4 is 5.32 Å². The van der Waals surface area contributed by atoms with E-state index >= 15 is 0 Å². The average Bonchev–Trinajstić information content (AvgIpc) is 2.61. The second kappa shape index (κ2) is 7.53. The van der Waals surface area contributed by atoms with Crippen LogP contribution in [0.1, 0.15) is 17.2 Å². The standard InChI is InChI=1S/C19H17ClN2S/c1-2-12-23-19-21-17(14-8-4-3-5-9-14)13-18(22-19)15-10-6-7-11-16(15)20/h2-11,13,18H,1,12H2,(H,21,22). The number of benzene rings is 2. The number of nitrogens with zero attached hydrogens (tertiary/aromatic N) is 1. The van der Waals surface area contributed by atoms with Crippen LogP contribution in [-0.4, -0.2) is 10.9 Å². The maximum Gasteiger partial charge on any atom is 0.162 e. The van der Waals surface area contributed by atoms with E-state index in [9.17, 15) is 0 Å². The molecule has 0 spiro atoms. The van der Waals surface area contributed by atoms with E-state index in [-0.39, 0.29) is 6.04 Å². The molecule has 1 aliphatic rings. The van der Waals surface area contributed by atoms with E-state index in [1.165, 1.54) is 0 Å². The fraction of sp³-hybridized carbons (Fsp3) is 0.105. The maximum absolute atomic E-state index is 6.36. The largest absolute Gasteiger partial charge is 0.335 e. The first-order chi connectivity index (χ1) is 11.3. The fourth-order valence-corrected chi connectivity index (χ4v) is 3.28. The molecule has 0 aliphatic carbocycles. The second-order valence-electron chi connectivity index (χ2n) is 5.07. The molecule has 2 aromatic rings. The number of amidine groups is 1. The van der Waals surface area contributed by atoms with Crippen molar-refractivity contribution in [3.8, 4) is 0 Å². The summed E-state index contributed by atoms with van der Waals surface area (Å²) in [4.78, 5) is 4.79. The van der Waals surface area contributed by atoms with Gasteiger partial charge in [0.15, 0.2) is 5.17 Å². The Morgan fingerprint density at radius 1 is 1.13 bits per heavy atom. The summed E-state index contributed by atoms with van der Waals surface area (Å²) in [7, 11) is 0. The molecular weight excluding hydrogens is 324 g/mol. The topological polar surface area (TPSA) is 24.4 Å². The predicted molar refractivity (Wildman–Crippen MR) is 102 cm³/mol. The molecule has 1 atom stereocenters. The smallest absolute Gasteiger partial charge is 0.162 e. The molecule has 1 unspecified atom stereocenters. The summed E-state index contributed by atoms with van der Waals surface area (Å²) in [6.45, 7) is 3.77. The maximum atomic E-state index is 6.36. The van der Waals surface area contributed by atoms with Crippen molar-refractivity contribution in [1.29, 1.82) is 0 Å². The van der Waals surface area contributed by atoms with Crippen LogP contribution in [0.4, 0.5) is 0 Å². The van der Waals surface area contributed by atoms with Crippen LogP contribution >= 0.6 is 23.4 Å². The highest BCUT2D eigenvalue weighted by Crippen LogP contribution is 2.32. The first-order valence-electron chi connectivity index (χ1n) is 7.38. The summed E-state index contributed by atoms with van der Waals surface area (Å²) >= 11 is 8.00. The Balaban J connectivity index is 1.98. The van der Waals surface area contributed by atoms with E-state index < -0.39 is 0 Å². The van der Waals surface area contributed by atoms with E-state index in [4.69, 9.17) is 16.6 Å². The van der Waals surface area contributed by atoms with Crippen molar-refractivity contribution in [3.05, 3.63) is 89.5 Å². The van der Waals surface area contributed by atoms with Crippen molar-refractivity contribution in [1.82, 2.24) is 5.32 Å². The quantitative estimate of drug-likeness (QED) is 0.764. The van der Waals surface area contributed by atoms with Crippen LogP contribution in [0.3, 0.4) is 0 Å². The molecule has 2 nitrogen and oxygen atoms in total. The third-order valence-corrected chi connectivity index (χ3v) is 4.70. The van der Waals surface area contributed by atoms with E-state index in [0.717, 1.165) is 32.8 Å². The minimum atomic E-state index is -0.0903. The van der Waals surface area contributed by atoms with Gasteiger partial charge in [0.2, 0.25) is 0 Å². The molecule has 23 heavy (non-hydrogen) atoms. The van der Waals surface area contributed by atoms with E-state index in [1.54, 1.807) is 11.8 Å². The van der Waals surface area contributed by atoms with Gasteiger partial charge in [0, 0.05) is 16.5 Å². The molecule has 0 fully saturated rings. The van der Waals surface area contributed by atoms with Gasteiger partial charge in [-0.05, 0) is 23.3 Å². The number of nitrogens with one attached hydrogen (secondary N) is 1. The Labute approximate surface area is 146 Å². The van der Waals surface area contributed by atoms with E-state index in [1.807, 2.05) is 48.5 Å². The third-order valence-electron chi connectivity index (χ3n) is 3.47. The molecule has 0 saturated heterocycles. The van der Waals surface area contributed by atoms with Gasteiger partial charge in [-0.2, -0.15) is 0 Å². The molecule has 0 amide bonds. The summed E-state index contributed by atoms with van der Waals surface area (Å²) in [5.41, 5.74) is 3.20. The van der Waals surface area contributed by atoms with Crippen molar-refractivity contribution in [2.24, 2.45) is 4.99 Å². The van der Waals surface area contributed by atoms with Crippen LogP contribution in [0, 0.1) is 0 Å². The van der Waals surface area contributed by atoms with Gasteiger partial charge >= 0.3 is 0 Å². The third kappa shape index (κ3) is 3.87.